The highest BCUT2D eigenvalue weighted by molar-refractivity contribution is 6.04. The van der Waals surface area contributed by atoms with E-state index in [4.69, 9.17) is 14.5 Å². The molecule has 0 fully saturated rings. The van der Waals surface area contributed by atoms with Gasteiger partial charge in [-0.2, -0.15) is 0 Å². The summed E-state index contributed by atoms with van der Waals surface area (Å²) in [4.78, 5) is 4.86. The fourth-order valence-corrected chi connectivity index (χ4v) is 2.86. The lowest BCUT2D eigenvalue weighted by Crippen LogP contribution is -2.12. The average Bonchev–Trinajstić information content (AvgIpc) is 2.61. The van der Waals surface area contributed by atoms with Crippen molar-refractivity contribution in [3.05, 3.63) is 53.6 Å². The van der Waals surface area contributed by atoms with Gasteiger partial charge in [-0.15, -0.1) is 0 Å². The molecule has 0 unspecified atom stereocenters. The van der Waals surface area contributed by atoms with Crippen molar-refractivity contribution >= 4 is 11.4 Å². The molecule has 1 aliphatic carbocycles. The van der Waals surface area contributed by atoms with Gasteiger partial charge in [0.05, 0.1) is 19.4 Å². The summed E-state index contributed by atoms with van der Waals surface area (Å²) in [6.45, 7) is 2.87. The number of rotatable bonds is 5. The van der Waals surface area contributed by atoms with Crippen LogP contribution in [0.25, 0.3) is 0 Å². The Kier molecular flexibility index (Phi) is 4.96. The molecule has 23 heavy (non-hydrogen) atoms. The van der Waals surface area contributed by atoms with Gasteiger partial charge in [0, 0.05) is 11.3 Å². The highest BCUT2D eigenvalue weighted by Crippen LogP contribution is 2.28. The molecule has 0 bridgehead atoms. The second-order valence-corrected chi connectivity index (χ2v) is 5.78. The third-order valence-corrected chi connectivity index (χ3v) is 4.06. The van der Waals surface area contributed by atoms with Crippen LogP contribution in [0.5, 0.6) is 11.5 Å². The van der Waals surface area contributed by atoms with Crippen LogP contribution in [0.4, 0.5) is 5.69 Å². The molecule has 0 atom stereocenters. The monoisotopic (exact) mass is 309 g/mol. The number of methoxy groups -OCH3 is 1. The van der Waals surface area contributed by atoms with Gasteiger partial charge in [-0.1, -0.05) is 13.0 Å². The molecule has 0 amide bonds. The first kappa shape index (κ1) is 15.6. The number of nitrogens with zero attached hydrogens (tertiary/aromatic N) is 1. The van der Waals surface area contributed by atoms with Gasteiger partial charge in [0.25, 0.3) is 0 Å². The lowest BCUT2D eigenvalue weighted by atomic mass is 9.90. The zero-order valence-electron chi connectivity index (χ0n) is 13.8. The molecule has 0 aliphatic heterocycles. The highest BCUT2D eigenvalue weighted by atomic mass is 16.5. The molecule has 120 valence electrons. The number of aliphatic imine (C=N–C) groups is 1. The second-order valence-electron chi connectivity index (χ2n) is 5.78. The molecule has 3 rings (SSSR count). The van der Waals surface area contributed by atoms with Crippen molar-refractivity contribution in [3.63, 3.8) is 0 Å². The van der Waals surface area contributed by atoms with Gasteiger partial charge in [0.15, 0.2) is 0 Å². The van der Waals surface area contributed by atoms with E-state index >= 15 is 0 Å². The minimum absolute atomic E-state index is 0.754. The molecule has 0 spiro atoms. The first-order valence-electron chi connectivity index (χ1n) is 8.28. The van der Waals surface area contributed by atoms with E-state index in [1.807, 2.05) is 24.3 Å². The van der Waals surface area contributed by atoms with Crippen LogP contribution in [-0.4, -0.2) is 19.4 Å². The van der Waals surface area contributed by atoms with Gasteiger partial charge in [-0.3, -0.25) is 4.99 Å². The van der Waals surface area contributed by atoms with E-state index in [0.717, 1.165) is 55.2 Å². The van der Waals surface area contributed by atoms with Gasteiger partial charge >= 0.3 is 0 Å². The average molecular weight is 309 g/mol. The zero-order chi connectivity index (χ0) is 16.1. The van der Waals surface area contributed by atoms with E-state index in [2.05, 4.69) is 25.1 Å². The molecule has 3 heteroatoms. The summed E-state index contributed by atoms with van der Waals surface area (Å²) < 4.78 is 11.0. The molecule has 0 saturated heterocycles. The summed E-state index contributed by atoms with van der Waals surface area (Å²) in [6, 6.07) is 14.3. The third-order valence-electron chi connectivity index (χ3n) is 4.06. The van der Waals surface area contributed by atoms with Crippen molar-refractivity contribution < 1.29 is 9.47 Å². The van der Waals surface area contributed by atoms with Crippen molar-refractivity contribution in [2.45, 2.75) is 32.6 Å². The van der Waals surface area contributed by atoms with Crippen LogP contribution in [0.3, 0.4) is 0 Å². The lowest BCUT2D eigenvalue weighted by molar-refractivity contribution is 0.317. The van der Waals surface area contributed by atoms with Crippen molar-refractivity contribution in [1.82, 2.24) is 0 Å². The standard InChI is InChI=1S/C20H23NO2/c1-3-13-23-18-10-7-15-5-4-6-20(19(15)14-18)21-16-8-11-17(22-2)12-9-16/h7-12,14H,3-6,13H2,1-2H3. The lowest BCUT2D eigenvalue weighted by Gasteiger charge is -2.19. The van der Waals surface area contributed by atoms with Gasteiger partial charge in [0.1, 0.15) is 11.5 Å². The van der Waals surface area contributed by atoms with Crippen LogP contribution in [0.1, 0.15) is 37.3 Å². The van der Waals surface area contributed by atoms with Crippen LogP contribution in [0, 0.1) is 0 Å². The third kappa shape index (κ3) is 3.73. The Balaban J connectivity index is 1.90. The number of aryl methyl sites for hydroxylation is 1. The maximum atomic E-state index is 5.78. The minimum atomic E-state index is 0.754. The van der Waals surface area contributed by atoms with E-state index in [-0.39, 0.29) is 0 Å². The molecule has 0 saturated carbocycles. The smallest absolute Gasteiger partial charge is 0.119 e. The molecule has 1 aliphatic rings. The summed E-state index contributed by atoms with van der Waals surface area (Å²) >= 11 is 0. The molecule has 2 aromatic carbocycles. The second kappa shape index (κ2) is 7.32. The molecule has 0 radical (unpaired) electrons. The van der Waals surface area contributed by atoms with Crippen molar-refractivity contribution in [2.75, 3.05) is 13.7 Å². The van der Waals surface area contributed by atoms with Gasteiger partial charge in [0.2, 0.25) is 0 Å². The molecular weight excluding hydrogens is 286 g/mol. The van der Waals surface area contributed by atoms with E-state index in [0.29, 0.717) is 0 Å². The van der Waals surface area contributed by atoms with Gasteiger partial charge < -0.3 is 9.47 Å². The Morgan fingerprint density at radius 3 is 2.52 bits per heavy atom. The quantitative estimate of drug-likeness (QED) is 0.783. The van der Waals surface area contributed by atoms with E-state index < -0.39 is 0 Å². The predicted molar refractivity (Wildman–Crippen MR) is 94.4 cm³/mol. The van der Waals surface area contributed by atoms with Crippen molar-refractivity contribution in [1.29, 1.82) is 0 Å². The highest BCUT2D eigenvalue weighted by Gasteiger charge is 2.16. The summed E-state index contributed by atoms with van der Waals surface area (Å²) in [7, 11) is 1.68. The van der Waals surface area contributed by atoms with Crippen LogP contribution >= 0.6 is 0 Å². The van der Waals surface area contributed by atoms with Crippen LogP contribution in [-0.2, 0) is 6.42 Å². The summed E-state index contributed by atoms with van der Waals surface area (Å²) in [6.07, 6.45) is 4.29. The van der Waals surface area contributed by atoms with Crippen LogP contribution in [0.15, 0.2) is 47.5 Å². The Morgan fingerprint density at radius 2 is 1.78 bits per heavy atom. The van der Waals surface area contributed by atoms with E-state index in [1.165, 1.54) is 11.1 Å². The Bertz CT molecular complexity index is 689. The number of hydrogen-bond donors (Lipinski definition) is 0. The number of ether oxygens (including phenoxy) is 2. The summed E-state index contributed by atoms with van der Waals surface area (Å²) in [5, 5.41) is 0. The fourth-order valence-electron chi connectivity index (χ4n) is 2.86. The SMILES string of the molecule is CCCOc1ccc2c(c1)C(=Nc1ccc(OC)cc1)CCC2. The van der Waals surface area contributed by atoms with Crippen molar-refractivity contribution in [2.24, 2.45) is 4.99 Å². The molecular formula is C20H23NO2. The number of benzene rings is 2. The molecule has 2 aromatic rings. The molecule has 0 N–H and O–H groups in total. The largest absolute Gasteiger partial charge is 0.497 e. The van der Waals surface area contributed by atoms with E-state index in [9.17, 15) is 0 Å². The van der Waals surface area contributed by atoms with Gasteiger partial charge in [-0.05, 0) is 67.6 Å². The van der Waals surface area contributed by atoms with Crippen LogP contribution < -0.4 is 9.47 Å². The normalized spacial score (nSPS) is 15.3. The Morgan fingerprint density at radius 1 is 1.00 bits per heavy atom. The molecule has 0 aromatic heterocycles. The predicted octanol–water partition coefficient (Wildman–Crippen LogP) is 4.94. The molecule has 0 heterocycles. The number of fused-ring (bicyclic) bond motifs is 1. The first-order valence-corrected chi connectivity index (χ1v) is 8.28. The van der Waals surface area contributed by atoms with Crippen molar-refractivity contribution in [3.8, 4) is 11.5 Å². The maximum absolute atomic E-state index is 5.78. The fraction of sp³-hybridized carbons (Fsp3) is 0.350. The summed E-state index contributed by atoms with van der Waals surface area (Å²) in [5.41, 5.74) is 4.72. The van der Waals surface area contributed by atoms with Gasteiger partial charge in [-0.25, -0.2) is 0 Å². The minimum Gasteiger partial charge on any atom is -0.497 e. The number of hydrogen-bond acceptors (Lipinski definition) is 3. The Hall–Kier alpha value is -2.29. The first-order chi connectivity index (χ1) is 11.3. The Labute approximate surface area is 138 Å². The maximum Gasteiger partial charge on any atom is 0.119 e. The topological polar surface area (TPSA) is 30.8 Å². The van der Waals surface area contributed by atoms with Crippen LogP contribution in [0.2, 0.25) is 0 Å². The summed E-state index contributed by atoms with van der Waals surface area (Å²) in [5.74, 6) is 1.79. The molecule has 3 nitrogen and oxygen atoms in total. The zero-order valence-corrected chi connectivity index (χ0v) is 13.8. The van der Waals surface area contributed by atoms with E-state index in [1.54, 1.807) is 7.11 Å².